The maximum Gasteiger partial charge on any atom is 0.222 e. The number of nitrogens with one attached hydrogen (secondary N) is 1. The van der Waals surface area contributed by atoms with E-state index in [9.17, 15) is 9.59 Å². The third-order valence-corrected chi connectivity index (χ3v) is 3.43. The molecule has 0 saturated carbocycles. The summed E-state index contributed by atoms with van der Waals surface area (Å²) in [5.74, 6) is 0.0775. The first kappa shape index (κ1) is 16.7. The molecule has 20 heavy (non-hydrogen) atoms. The zero-order chi connectivity index (χ0) is 15.1. The number of hydrogen-bond donors (Lipinski definition) is 1. The first-order valence-corrected chi connectivity index (χ1v) is 7.39. The summed E-state index contributed by atoms with van der Waals surface area (Å²) in [6.45, 7) is 2.42. The van der Waals surface area contributed by atoms with Crippen molar-refractivity contribution in [2.45, 2.75) is 26.3 Å². The van der Waals surface area contributed by atoms with Crippen molar-refractivity contribution in [2.75, 3.05) is 14.1 Å². The molecule has 0 unspecified atom stereocenters. The molecule has 0 heterocycles. The van der Waals surface area contributed by atoms with Crippen LogP contribution < -0.4 is 5.32 Å². The van der Waals surface area contributed by atoms with E-state index in [0.717, 1.165) is 10.0 Å². The van der Waals surface area contributed by atoms with Gasteiger partial charge in [0.25, 0.3) is 0 Å². The highest BCUT2D eigenvalue weighted by atomic mass is 79.9. The Morgan fingerprint density at radius 1 is 1.30 bits per heavy atom. The molecule has 1 aromatic carbocycles. The van der Waals surface area contributed by atoms with Gasteiger partial charge in [-0.25, -0.2) is 0 Å². The Kier molecular flexibility index (Phi) is 6.71. The van der Waals surface area contributed by atoms with Gasteiger partial charge in [0, 0.05) is 38.0 Å². The van der Waals surface area contributed by atoms with Gasteiger partial charge in [-0.1, -0.05) is 35.0 Å². The molecule has 0 aromatic heterocycles. The number of carbonyl (C=O) groups is 2. The molecule has 1 atom stereocenters. The Morgan fingerprint density at radius 2 is 2.00 bits per heavy atom. The molecule has 1 aromatic rings. The van der Waals surface area contributed by atoms with Crippen LogP contribution in [0.5, 0.6) is 0 Å². The molecule has 1 rings (SSSR count). The molecule has 110 valence electrons. The number of halogens is 1. The number of nitrogens with zero attached hydrogens (tertiary/aromatic N) is 1. The van der Waals surface area contributed by atoms with Crippen molar-refractivity contribution in [3.63, 3.8) is 0 Å². The quantitative estimate of drug-likeness (QED) is 0.865. The zero-order valence-electron chi connectivity index (χ0n) is 12.1. The third-order valence-electron chi connectivity index (χ3n) is 2.93. The summed E-state index contributed by atoms with van der Waals surface area (Å²) < 4.78 is 0.995. The van der Waals surface area contributed by atoms with Crippen LogP contribution in [-0.2, 0) is 16.1 Å². The second-order valence-electron chi connectivity index (χ2n) is 5.21. The van der Waals surface area contributed by atoms with Crippen LogP contribution in [0.15, 0.2) is 28.7 Å². The van der Waals surface area contributed by atoms with Gasteiger partial charge < -0.3 is 10.2 Å². The molecular weight excluding hydrogens is 320 g/mol. The molecule has 0 aliphatic heterocycles. The molecule has 0 fully saturated rings. The lowest BCUT2D eigenvalue weighted by Crippen LogP contribution is -2.28. The first-order chi connectivity index (χ1) is 9.38. The number of amides is 2. The van der Waals surface area contributed by atoms with Crippen LogP contribution in [0.25, 0.3) is 0 Å². The zero-order valence-corrected chi connectivity index (χ0v) is 13.7. The van der Waals surface area contributed by atoms with Gasteiger partial charge in [0.1, 0.15) is 0 Å². The Balaban J connectivity index is 2.35. The number of carbonyl (C=O) groups excluding carboxylic acids is 2. The highest BCUT2D eigenvalue weighted by Gasteiger charge is 2.14. The van der Waals surface area contributed by atoms with Crippen molar-refractivity contribution in [2.24, 2.45) is 5.92 Å². The summed E-state index contributed by atoms with van der Waals surface area (Å²) in [7, 11) is 3.45. The van der Waals surface area contributed by atoms with Gasteiger partial charge in [-0.2, -0.15) is 0 Å². The van der Waals surface area contributed by atoms with Gasteiger partial charge in [-0.15, -0.1) is 0 Å². The van der Waals surface area contributed by atoms with Gasteiger partial charge >= 0.3 is 0 Å². The van der Waals surface area contributed by atoms with Crippen LogP contribution in [0.1, 0.15) is 25.3 Å². The highest BCUT2D eigenvalue weighted by Crippen LogP contribution is 2.12. The highest BCUT2D eigenvalue weighted by molar-refractivity contribution is 9.10. The first-order valence-electron chi connectivity index (χ1n) is 6.59. The summed E-state index contributed by atoms with van der Waals surface area (Å²) in [6.07, 6.45) is 0.769. The second-order valence-corrected chi connectivity index (χ2v) is 6.12. The number of hydrogen-bond acceptors (Lipinski definition) is 2. The van der Waals surface area contributed by atoms with Crippen LogP contribution in [0.4, 0.5) is 0 Å². The van der Waals surface area contributed by atoms with E-state index in [1.165, 1.54) is 0 Å². The molecule has 1 N–H and O–H groups in total. The topological polar surface area (TPSA) is 49.4 Å². The van der Waals surface area contributed by atoms with Gasteiger partial charge in [0.05, 0.1) is 0 Å². The summed E-state index contributed by atoms with van der Waals surface area (Å²) in [5, 5.41) is 2.87. The van der Waals surface area contributed by atoms with Crippen molar-refractivity contribution in [3.8, 4) is 0 Å². The normalized spacial score (nSPS) is 11.8. The third kappa shape index (κ3) is 6.19. The summed E-state index contributed by atoms with van der Waals surface area (Å²) in [5.41, 5.74) is 1.05. The van der Waals surface area contributed by atoms with Crippen LogP contribution in [0, 0.1) is 5.92 Å². The minimum atomic E-state index is -0.0240. The largest absolute Gasteiger partial charge is 0.352 e. The van der Waals surface area contributed by atoms with Gasteiger partial charge in [0.2, 0.25) is 11.8 Å². The fourth-order valence-corrected chi connectivity index (χ4v) is 2.24. The average molecular weight is 341 g/mol. The lowest BCUT2D eigenvalue weighted by atomic mass is 10.0. The van der Waals surface area contributed by atoms with E-state index in [4.69, 9.17) is 0 Å². The fourth-order valence-electron chi connectivity index (χ4n) is 1.79. The van der Waals surface area contributed by atoms with E-state index in [0.29, 0.717) is 19.4 Å². The molecule has 5 heteroatoms. The molecule has 0 bridgehead atoms. The van der Waals surface area contributed by atoms with E-state index in [-0.39, 0.29) is 17.7 Å². The van der Waals surface area contributed by atoms with E-state index in [1.807, 2.05) is 31.2 Å². The molecule has 0 spiro atoms. The molecule has 0 aliphatic carbocycles. The number of benzene rings is 1. The molecular formula is C15H21BrN2O2. The Hall–Kier alpha value is -1.36. The average Bonchev–Trinajstić information content (AvgIpc) is 2.36. The van der Waals surface area contributed by atoms with Crippen molar-refractivity contribution >= 4 is 27.7 Å². The van der Waals surface area contributed by atoms with Crippen molar-refractivity contribution in [1.82, 2.24) is 10.2 Å². The Bertz CT molecular complexity index is 475. The SMILES string of the molecule is C[C@@H](CC(=O)NCc1cccc(Br)c1)CC(=O)N(C)C. The molecule has 4 nitrogen and oxygen atoms in total. The predicted octanol–water partition coefficient (Wildman–Crippen LogP) is 2.57. The summed E-state index contributed by atoms with van der Waals surface area (Å²) >= 11 is 3.40. The summed E-state index contributed by atoms with van der Waals surface area (Å²) in [4.78, 5) is 24.9. The van der Waals surface area contributed by atoms with Crippen molar-refractivity contribution in [3.05, 3.63) is 34.3 Å². The smallest absolute Gasteiger partial charge is 0.222 e. The van der Waals surface area contributed by atoms with Crippen LogP contribution in [0.3, 0.4) is 0 Å². The van der Waals surface area contributed by atoms with Gasteiger partial charge in [-0.3, -0.25) is 9.59 Å². The van der Waals surface area contributed by atoms with Crippen molar-refractivity contribution in [1.29, 1.82) is 0 Å². The van der Waals surface area contributed by atoms with E-state index >= 15 is 0 Å². The Labute approximate surface area is 128 Å². The number of rotatable bonds is 6. The van der Waals surface area contributed by atoms with E-state index < -0.39 is 0 Å². The molecule has 0 saturated heterocycles. The minimum absolute atomic E-state index is 0.0240. The van der Waals surface area contributed by atoms with Crippen molar-refractivity contribution < 1.29 is 9.59 Å². The fraction of sp³-hybridized carbons (Fsp3) is 0.467. The van der Waals surface area contributed by atoms with Crippen LogP contribution in [-0.4, -0.2) is 30.8 Å². The van der Waals surface area contributed by atoms with Gasteiger partial charge in [0.15, 0.2) is 0 Å². The monoisotopic (exact) mass is 340 g/mol. The molecule has 0 radical (unpaired) electrons. The predicted molar refractivity (Wildman–Crippen MR) is 83.1 cm³/mol. The maximum atomic E-state index is 11.8. The molecule has 0 aliphatic rings. The minimum Gasteiger partial charge on any atom is -0.352 e. The summed E-state index contributed by atoms with van der Waals surface area (Å²) in [6, 6.07) is 7.81. The van der Waals surface area contributed by atoms with E-state index in [2.05, 4.69) is 21.2 Å². The standard InChI is InChI=1S/C15H21BrN2O2/c1-11(8-15(20)18(2)3)7-14(19)17-10-12-5-4-6-13(16)9-12/h4-6,9,11H,7-8,10H2,1-3H3,(H,17,19)/t11-/m0/s1. The van der Waals surface area contributed by atoms with Crippen LogP contribution >= 0.6 is 15.9 Å². The lowest BCUT2D eigenvalue weighted by Gasteiger charge is -2.15. The van der Waals surface area contributed by atoms with Crippen LogP contribution in [0.2, 0.25) is 0 Å². The van der Waals surface area contributed by atoms with E-state index in [1.54, 1.807) is 19.0 Å². The Morgan fingerprint density at radius 3 is 2.60 bits per heavy atom. The second kappa shape index (κ2) is 8.04. The lowest BCUT2D eigenvalue weighted by molar-refractivity contribution is -0.130. The maximum absolute atomic E-state index is 11.8. The molecule has 2 amide bonds. The van der Waals surface area contributed by atoms with Gasteiger partial charge in [-0.05, 0) is 23.6 Å².